The fourth-order valence-corrected chi connectivity index (χ4v) is 2.60. The number of halogens is 2. The molecule has 0 atom stereocenters. The number of hydrogen-bond donors (Lipinski definition) is 3. The summed E-state index contributed by atoms with van der Waals surface area (Å²) in [7, 11) is 0. The van der Waals surface area contributed by atoms with Crippen molar-refractivity contribution in [3.8, 4) is 11.5 Å². The highest BCUT2D eigenvalue weighted by molar-refractivity contribution is 9.13. The second-order valence-corrected chi connectivity index (χ2v) is 5.81. The predicted octanol–water partition coefficient (Wildman–Crippen LogP) is 2.07. The third kappa shape index (κ3) is 3.14. The number of carbonyl (C=O) groups is 3. The number of carbonyl (C=O) groups excluding carboxylic acids is 3. The highest BCUT2D eigenvalue weighted by Crippen LogP contribution is 2.41. The Balaban J connectivity index is 2.57. The number of benzene rings is 1. The minimum Gasteiger partial charge on any atom is -0.504 e. The van der Waals surface area contributed by atoms with Gasteiger partial charge in [0.15, 0.2) is 11.5 Å². The molecule has 0 saturated carbocycles. The number of phenols is 1. The second-order valence-electron chi connectivity index (χ2n) is 4.16. The Bertz CT molecular complexity index is 693. The molecule has 0 unspecified atom stereocenters. The molecule has 1 aliphatic rings. The van der Waals surface area contributed by atoms with Crippen LogP contribution < -0.4 is 15.4 Å². The fraction of sp³-hybridized carbons (Fsp3) is 0.154. The van der Waals surface area contributed by atoms with Crippen molar-refractivity contribution in [1.29, 1.82) is 0 Å². The number of imide groups is 2. The van der Waals surface area contributed by atoms with E-state index in [1.54, 1.807) is 13.0 Å². The maximum absolute atomic E-state index is 11.7. The van der Waals surface area contributed by atoms with Gasteiger partial charge in [-0.25, -0.2) is 4.79 Å². The van der Waals surface area contributed by atoms with E-state index < -0.39 is 17.8 Å². The van der Waals surface area contributed by atoms with Crippen LogP contribution in [0.3, 0.4) is 0 Å². The first-order valence-electron chi connectivity index (χ1n) is 6.07. The number of aromatic hydroxyl groups is 1. The van der Waals surface area contributed by atoms with Gasteiger partial charge in [-0.2, -0.15) is 0 Å². The summed E-state index contributed by atoms with van der Waals surface area (Å²) in [4.78, 5) is 34.5. The van der Waals surface area contributed by atoms with Gasteiger partial charge in [0.2, 0.25) is 0 Å². The number of rotatable bonds is 3. The first kappa shape index (κ1) is 16.5. The summed E-state index contributed by atoms with van der Waals surface area (Å²) in [6.07, 6.45) is 1.17. The molecule has 1 aromatic rings. The lowest BCUT2D eigenvalue weighted by Crippen LogP contribution is -2.51. The Morgan fingerprint density at radius 3 is 2.36 bits per heavy atom. The van der Waals surface area contributed by atoms with E-state index in [2.05, 4.69) is 31.9 Å². The van der Waals surface area contributed by atoms with Gasteiger partial charge in [0.25, 0.3) is 11.8 Å². The summed E-state index contributed by atoms with van der Waals surface area (Å²) < 4.78 is 6.28. The molecule has 116 valence electrons. The topological polar surface area (TPSA) is 105 Å². The van der Waals surface area contributed by atoms with Crippen molar-refractivity contribution in [3.05, 3.63) is 26.1 Å². The van der Waals surface area contributed by atoms with Crippen LogP contribution in [-0.4, -0.2) is 29.6 Å². The van der Waals surface area contributed by atoms with Crippen molar-refractivity contribution in [2.45, 2.75) is 6.92 Å². The first-order chi connectivity index (χ1) is 10.3. The molecule has 0 aliphatic carbocycles. The Morgan fingerprint density at radius 2 is 1.82 bits per heavy atom. The molecule has 1 fully saturated rings. The van der Waals surface area contributed by atoms with Gasteiger partial charge < -0.3 is 9.84 Å². The molecule has 7 nitrogen and oxygen atoms in total. The van der Waals surface area contributed by atoms with Gasteiger partial charge in [0.1, 0.15) is 5.57 Å². The van der Waals surface area contributed by atoms with E-state index in [1.807, 2.05) is 10.6 Å². The third-order valence-corrected chi connectivity index (χ3v) is 4.74. The van der Waals surface area contributed by atoms with Gasteiger partial charge in [-0.05, 0) is 50.9 Å². The van der Waals surface area contributed by atoms with Crippen LogP contribution in [0.1, 0.15) is 12.5 Å². The third-order valence-electron chi connectivity index (χ3n) is 2.72. The van der Waals surface area contributed by atoms with Crippen molar-refractivity contribution in [2.75, 3.05) is 6.61 Å². The molecular weight excluding hydrogens is 424 g/mol. The van der Waals surface area contributed by atoms with Gasteiger partial charge in [-0.15, -0.1) is 0 Å². The van der Waals surface area contributed by atoms with Crippen LogP contribution in [0.25, 0.3) is 6.08 Å². The SMILES string of the molecule is CCOc1cc(Br)c(Br)c(C=C2C(=O)NC(=O)NC2=O)c1O. The lowest BCUT2D eigenvalue weighted by molar-refractivity contribution is -0.123. The molecule has 1 aliphatic heterocycles. The normalized spacial score (nSPS) is 14.5. The average molecular weight is 434 g/mol. The monoisotopic (exact) mass is 432 g/mol. The van der Waals surface area contributed by atoms with E-state index >= 15 is 0 Å². The standard InChI is InChI=1S/C13H10Br2N2O5/c1-2-22-8-4-7(14)9(15)5(10(8)18)3-6-11(19)16-13(21)17-12(6)20/h3-4,18H,2H2,1H3,(H2,16,17,19,20,21). The van der Waals surface area contributed by atoms with Crippen LogP contribution in [0.5, 0.6) is 11.5 Å². The van der Waals surface area contributed by atoms with Crippen molar-refractivity contribution in [3.63, 3.8) is 0 Å². The first-order valence-corrected chi connectivity index (χ1v) is 7.65. The van der Waals surface area contributed by atoms with Gasteiger partial charge in [0, 0.05) is 14.5 Å². The van der Waals surface area contributed by atoms with Crippen molar-refractivity contribution in [1.82, 2.24) is 10.6 Å². The van der Waals surface area contributed by atoms with E-state index in [4.69, 9.17) is 4.74 Å². The van der Waals surface area contributed by atoms with Gasteiger partial charge in [0.05, 0.1) is 6.61 Å². The smallest absolute Gasteiger partial charge is 0.328 e. The Morgan fingerprint density at radius 1 is 1.23 bits per heavy atom. The number of urea groups is 1. The Kier molecular flexibility index (Phi) is 4.87. The number of amides is 4. The molecule has 4 amide bonds. The second kappa shape index (κ2) is 6.49. The predicted molar refractivity (Wildman–Crippen MR) is 84.3 cm³/mol. The van der Waals surface area contributed by atoms with E-state index in [1.165, 1.54) is 6.08 Å². The van der Waals surface area contributed by atoms with Crippen molar-refractivity contribution >= 4 is 55.8 Å². The quantitative estimate of drug-likeness (QED) is 0.500. The molecular formula is C13H10Br2N2O5. The molecule has 0 aromatic heterocycles. The van der Waals surface area contributed by atoms with E-state index in [9.17, 15) is 19.5 Å². The highest BCUT2D eigenvalue weighted by Gasteiger charge is 2.29. The molecule has 0 bridgehead atoms. The van der Waals surface area contributed by atoms with Crippen LogP contribution in [0.4, 0.5) is 4.79 Å². The fourth-order valence-electron chi connectivity index (χ4n) is 1.76. The Labute approximate surface area is 142 Å². The summed E-state index contributed by atoms with van der Waals surface area (Å²) in [6, 6.07) is 0.662. The van der Waals surface area contributed by atoms with E-state index in [-0.39, 0.29) is 22.6 Å². The molecule has 0 spiro atoms. The van der Waals surface area contributed by atoms with Crippen LogP contribution in [-0.2, 0) is 9.59 Å². The summed E-state index contributed by atoms with van der Waals surface area (Å²) >= 11 is 6.54. The molecule has 0 radical (unpaired) electrons. The minimum absolute atomic E-state index is 0.174. The molecule has 22 heavy (non-hydrogen) atoms. The number of phenolic OH excluding ortho intramolecular Hbond substituents is 1. The minimum atomic E-state index is -0.889. The lowest BCUT2D eigenvalue weighted by Gasteiger charge is -2.16. The van der Waals surface area contributed by atoms with Crippen molar-refractivity contribution in [2.24, 2.45) is 0 Å². The maximum atomic E-state index is 11.7. The zero-order chi connectivity index (χ0) is 16.4. The number of ether oxygens (including phenoxy) is 1. The van der Waals surface area contributed by atoms with Gasteiger partial charge >= 0.3 is 6.03 Å². The summed E-state index contributed by atoms with van der Waals surface area (Å²) in [5.41, 5.74) is -0.136. The van der Waals surface area contributed by atoms with Gasteiger partial charge in [-0.3, -0.25) is 20.2 Å². The highest BCUT2D eigenvalue weighted by atomic mass is 79.9. The van der Waals surface area contributed by atoms with Crippen molar-refractivity contribution < 1.29 is 24.2 Å². The van der Waals surface area contributed by atoms with E-state index in [0.717, 1.165) is 0 Å². The molecule has 9 heteroatoms. The molecule has 2 rings (SSSR count). The molecule has 1 saturated heterocycles. The number of barbiturate groups is 1. The molecule has 1 aromatic carbocycles. The molecule has 3 N–H and O–H groups in total. The molecule has 1 heterocycles. The summed E-state index contributed by atoms with van der Waals surface area (Å²) in [5, 5.41) is 14.1. The van der Waals surface area contributed by atoms with E-state index in [0.29, 0.717) is 15.6 Å². The largest absolute Gasteiger partial charge is 0.504 e. The summed E-state index contributed by atoms with van der Waals surface area (Å²) in [6.45, 7) is 2.08. The number of hydrogen-bond acceptors (Lipinski definition) is 5. The zero-order valence-electron chi connectivity index (χ0n) is 11.2. The van der Waals surface area contributed by atoms with Gasteiger partial charge in [-0.1, -0.05) is 0 Å². The van der Waals surface area contributed by atoms with Crippen LogP contribution in [0.15, 0.2) is 20.6 Å². The van der Waals surface area contributed by atoms with Crippen LogP contribution in [0, 0.1) is 0 Å². The zero-order valence-corrected chi connectivity index (χ0v) is 14.4. The maximum Gasteiger partial charge on any atom is 0.328 e. The Hall–Kier alpha value is -1.87. The van der Waals surface area contributed by atoms with Crippen LogP contribution >= 0.6 is 31.9 Å². The average Bonchev–Trinajstić information content (AvgIpc) is 2.43. The number of nitrogens with one attached hydrogen (secondary N) is 2. The van der Waals surface area contributed by atoms with Crippen LogP contribution in [0.2, 0.25) is 0 Å². The summed E-state index contributed by atoms with van der Waals surface area (Å²) in [5.74, 6) is -1.74. The lowest BCUT2D eigenvalue weighted by atomic mass is 10.1.